The molecule has 0 aromatic heterocycles. The van der Waals surface area contributed by atoms with Gasteiger partial charge in [-0.05, 0) is 28.2 Å². The molecule has 0 aliphatic carbocycles. The summed E-state index contributed by atoms with van der Waals surface area (Å²) in [5.41, 5.74) is 0. The second-order valence-corrected chi connectivity index (χ2v) is 4.90. The van der Waals surface area contributed by atoms with Crippen molar-refractivity contribution in [3.63, 3.8) is 0 Å². The van der Waals surface area contributed by atoms with Gasteiger partial charge in [0.15, 0.2) is 0 Å². The van der Waals surface area contributed by atoms with Crippen LogP contribution in [0.1, 0.15) is 0 Å². The first-order valence-electron chi connectivity index (χ1n) is 3.63. The van der Waals surface area contributed by atoms with Gasteiger partial charge in [-0.1, -0.05) is 0 Å². The van der Waals surface area contributed by atoms with Gasteiger partial charge >= 0.3 is 7.83 Å². The van der Waals surface area contributed by atoms with Crippen LogP contribution in [0.3, 0.4) is 0 Å². The minimum absolute atomic E-state index is 0.138. The van der Waals surface area contributed by atoms with Gasteiger partial charge in [-0.2, -0.15) is 0 Å². The molecule has 1 atom stereocenters. The van der Waals surface area contributed by atoms with Crippen molar-refractivity contribution in [3.05, 3.63) is 0 Å². The lowest BCUT2D eigenvalue weighted by molar-refractivity contribution is 0.221. The molecular formula is C6H16FN2O2P. The number of rotatable bonds is 5. The van der Waals surface area contributed by atoms with Crippen molar-refractivity contribution in [2.24, 2.45) is 0 Å². The smallest absolute Gasteiger partial charge is 0.307 e. The number of hydrogen-bond donors (Lipinski definition) is 0. The van der Waals surface area contributed by atoms with E-state index in [1.165, 1.54) is 14.1 Å². The van der Waals surface area contributed by atoms with Gasteiger partial charge in [0.2, 0.25) is 0 Å². The first kappa shape index (κ1) is 12.0. The van der Waals surface area contributed by atoms with E-state index in [1.54, 1.807) is 0 Å². The highest BCUT2D eigenvalue weighted by atomic mass is 31.2. The average Bonchev–Trinajstić information content (AvgIpc) is 1.85. The highest BCUT2D eigenvalue weighted by Gasteiger charge is 2.24. The molecule has 1 unspecified atom stereocenters. The molecule has 12 heavy (non-hydrogen) atoms. The Morgan fingerprint density at radius 2 is 1.83 bits per heavy atom. The fourth-order valence-corrected chi connectivity index (χ4v) is 0.989. The predicted molar refractivity (Wildman–Crippen MR) is 46.9 cm³/mol. The summed E-state index contributed by atoms with van der Waals surface area (Å²) in [5, 5.41) is 0. The predicted octanol–water partition coefficient (Wildman–Crippen LogP) is 1.20. The molecule has 0 saturated heterocycles. The quantitative estimate of drug-likeness (QED) is 0.621. The summed E-state index contributed by atoms with van der Waals surface area (Å²) in [7, 11) is 2.43. The highest BCUT2D eigenvalue weighted by molar-refractivity contribution is 7.50. The first-order valence-corrected chi connectivity index (χ1v) is 5.10. The lowest BCUT2D eigenvalue weighted by Gasteiger charge is -2.17. The van der Waals surface area contributed by atoms with Gasteiger partial charge in [0.1, 0.15) is 0 Å². The Morgan fingerprint density at radius 3 is 2.17 bits per heavy atom. The van der Waals surface area contributed by atoms with Crippen LogP contribution in [0.5, 0.6) is 0 Å². The second-order valence-electron chi connectivity index (χ2n) is 2.94. The first-order chi connectivity index (χ1) is 5.36. The summed E-state index contributed by atoms with van der Waals surface area (Å²) in [5.74, 6) is 0. The fraction of sp³-hybridized carbons (Fsp3) is 1.00. The van der Waals surface area contributed by atoms with Gasteiger partial charge < -0.3 is 4.90 Å². The molecular weight excluding hydrogens is 182 g/mol. The number of nitrogens with zero attached hydrogens (tertiary/aromatic N) is 2. The number of halogens is 1. The molecule has 0 rings (SSSR count). The van der Waals surface area contributed by atoms with Crippen LogP contribution in [0.4, 0.5) is 4.20 Å². The van der Waals surface area contributed by atoms with Crippen molar-refractivity contribution in [1.82, 2.24) is 9.57 Å². The summed E-state index contributed by atoms with van der Waals surface area (Å²) < 4.78 is 29.4. The molecule has 0 aliphatic rings. The maximum absolute atomic E-state index is 12.9. The Hall–Kier alpha value is 0.0400. The summed E-state index contributed by atoms with van der Waals surface area (Å²) >= 11 is 0. The third-order valence-electron chi connectivity index (χ3n) is 1.27. The lowest BCUT2D eigenvalue weighted by Crippen LogP contribution is -2.18. The van der Waals surface area contributed by atoms with Crippen LogP contribution in [0.2, 0.25) is 0 Å². The fourth-order valence-electron chi connectivity index (χ4n) is 0.451. The van der Waals surface area contributed by atoms with E-state index in [0.29, 0.717) is 6.54 Å². The van der Waals surface area contributed by atoms with Gasteiger partial charge in [-0.25, -0.2) is 9.24 Å². The standard InChI is InChI=1S/C6H16FN2O2P/c1-8(2)5-6-11-12(7,10)9(3)4/h5-6H2,1-4H3. The average molecular weight is 198 g/mol. The van der Waals surface area contributed by atoms with Gasteiger partial charge in [0, 0.05) is 6.54 Å². The zero-order valence-corrected chi connectivity index (χ0v) is 8.84. The lowest BCUT2D eigenvalue weighted by atomic mass is 10.6. The molecule has 0 fully saturated rings. The molecule has 0 bridgehead atoms. The van der Waals surface area contributed by atoms with E-state index in [4.69, 9.17) is 0 Å². The summed E-state index contributed by atoms with van der Waals surface area (Å²) in [6.07, 6.45) is 0. The van der Waals surface area contributed by atoms with Gasteiger partial charge in [-0.3, -0.25) is 4.52 Å². The minimum Gasteiger partial charge on any atom is -0.307 e. The normalized spacial score (nSPS) is 16.9. The van der Waals surface area contributed by atoms with Gasteiger partial charge in [0.05, 0.1) is 6.61 Å². The van der Waals surface area contributed by atoms with E-state index in [1.807, 2.05) is 19.0 Å². The van der Waals surface area contributed by atoms with Gasteiger partial charge in [0.25, 0.3) is 0 Å². The Labute approximate surface area is 72.9 Å². The van der Waals surface area contributed by atoms with Crippen molar-refractivity contribution in [3.8, 4) is 0 Å². The maximum atomic E-state index is 12.9. The van der Waals surface area contributed by atoms with Crippen molar-refractivity contribution in [2.45, 2.75) is 0 Å². The van der Waals surface area contributed by atoms with Crippen LogP contribution < -0.4 is 0 Å². The van der Waals surface area contributed by atoms with E-state index in [2.05, 4.69) is 4.52 Å². The molecule has 6 heteroatoms. The monoisotopic (exact) mass is 198 g/mol. The summed E-state index contributed by atoms with van der Waals surface area (Å²) in [6.45, 7) is 0.695. The zero-order valence-electron chi connectivity index (χ0n) is 7.95. The van der Waals surface area contributed by atoms with Gasteiger partial charge in [-0.15, -0.1) is 4.20 Å². The van der Waals surface area contributed by atoms with E-state index < -0.39 is 7.83 Å². The highest BCUT2D eigenvalue weighted by Crippen LogP contribution is 2.50. The summed E-state index contributed by atoms with van der Waals surface area (Å²) in [6, 6.07) is 0. The Bertz CT molecular complexity index is 175. The van der Waals surface area contributed by atoms with E-state index in [9.17, 15) is 8.76 Å². The largest absolute Gasteiger partial charge is 0.444 e. The van der Waals surface area contributed by atoms with Crippen molar-refractivity contribution >= 4 is 7.83 Å². The molecule has 0 spiro atoms. The third-order valence-corrected chi connectivity index (χ3v) is 2.72. The summed E-state index contributed by atoms with van der Waals surface area (Å²) in [4.78, 5) is 1.83. The van der Waals surface area contributed by atoms with Crippen LogP contribution in [0.25, 0.3) is 0 Å². The third kappa shape index (κ3) is 4.83. The molecule has 0 aromatic rings. The molecule has 0 radical (unpaired) electrons. The molecule has 0 N–H and O–H groups in total. The topological polar surface area (TPSA) is 32.8 Å². The maximum Gasteiger partial charge on any atom is 0.444 e. The molecule has 4 nitrogen and oxygen atoms in total. The molecule has 74 valence electrons. The van der Waals surface area contributed by atoms with Crippen LogP contribution >= 0.6 is 7.83 Å². The van der Waals surface area contributed by atoms with E-state index in [-0.39, 0.29) is 6.61 Å². The van der Waals surface area contributed by atoms with Crippen LogP contribution in [-0.2, 0) is 9.09 Å². The van der Waals surface area contributed by atoms with Crippen LogP contribution in [-0.4, -0.2) is 50.9 Å². The molecule has 0 heterocycles. The van der Waals surface area contributed by atoms with Crippen molar-refractivity contribution in [1.29, 1.82) is 0 Å². The molecule has 0 aromatic carbocycles. The minimum atomic E-state index is -4.01. The second kappa shape index (κ2) is 4.92. The van der Waals surface area contributed by atoms with Crippen LogP contribution in [0, 0.1) is 0 Å². The number of likely N-dealkylation sites (N-methyl/N-ethyl adjacent to an activating group) is 1. The van der Waals surface area contributed by atoms with E-state index in [0.717, 1.165) is 4.67 Å². The molecule has 0 saturated carbocycles. The Morgan fingerprint density at radius 1 is 1.33 bits per heavy atom. The SMILES string of the molecule is CN(C)CCOP(=O)(F)N(C)C. The molecule has 0 aliphatic heterocycles. The van der Waals surface area contributed by atoms with Crippen LogP contribution in [0.15, 0.2) is 0 Å². The van der Waals surface area contributed by atoms with Crippen molar-refractivity contribution < 1.29 is 13.3 Å². The molecule has 0 amide bonds. The van der Waals surface area contributed by atoms with Crippen molar-refractivity contribution in [2.75, 3.05) is 41.3 Å². The zero-order chi connectivity index (χ0) is 9.78. The Kier molecular flexibility index (Phi) is 4.94. The van der Waals surface area contributed by atoms with E-state index >= 15 is 0 Å². The number of hydrogen-bond acceptors (Lipinski definition) is 3. The Balaban J connectivity index is 3.70.